The monoisotopic (exact) mass is 773 g/mol. The highest BCUT2D eigenvalue weighted by Gasteiger charge is 2.35. The molecular weight excluding hydrogens is 730 g/mol. The van der Waals surface area contributed by atoms with Crippen LogP contribution in [0.4, 0.5) is 0 Å². The summed E-state index contributed by atoms with van der Waals surface area (Å²) in [6.07, 6.45) is 4.48. The lowest BCUT2D eigenvalue weighted by Crippen LogP contribution is -2.61. The minimum absolute atomic E-state index is 0.0610. The third-order valence-electron chi connectivity index (χ3n) is 9.14. The number of aromatic nitrogens is 3. The number of hydrazine groups is 1. The number of hydrogen-bond donors (Lipinski definition) is 11. The van der Waals surface area contributed by atoms with Crippen LogP contribution in [0.1, 0.15) is 29.7 Å². The molecular formula is C36H43N11O9. The second-order valence-corrected chi connectivity index (χ2v) is 13.1. The number of imidazole rings is 1. The summed E-state index contributed by atoms with van der Waals surface area (Å²) in [7, 11) is 0. The number of hydrogen-bond acceptors (Lipinski definition) is 12. The van der Waals surface area contributed by atoms with Gasteiger partial charge in [-0.2, -0.15) is 0 Å². The zero-order chi connectivity index (χ0) is 40.4. The summed E-state index contributed by atoms with van der Waals surface area (Å²) in [5.74, 6) is 0.00130. The number of fused-ring (bicyclic) bond motifs is 1. The Hall–Kier alpha value is -6.64. The number of carbonyl (C=O) groups excluding carboxylic acids is 7. The van der Waals surface area contributed by atoms with Crippen LogP contribution in [0, 0.1) is 0 Å². The van der Waals surface area contributed by atoms with Crippen molar-refractivity contribution < 1.29 is 43.8 Å². The van der Waals surface area contributed by atoms with E-state index in [-0.39, 0.29) is 48.8 Å². The molecule has 1 fully saturated rings. The van der Waals surface area contributed by atoms with Crippen LogP contribution in [-0.2, 0) is 52.8 Å². The van der Waals surface area contributed by atoms with E-state index in [0.717, 1.165) is 10.9 Å². The molecule has 2 aromatic heterocycles. The largest absolute Gasteiger partial charge is 0.508 e. The lowest BCUT2D eigenvalue weighted by Gasteiger charge is -2.27. The molecule has 3 heterocycles. The Morgan fingerprint density at radius 1 is 0.857 bits per heavy atom. The first-order valence-corrected chi connectivity index (χ1v) is 17.6. The fourth-order valence-electron chi connectivity index (χ4n) is 6.11. The maximum absolute atomic E-state index is 14.0. The summed E-state index contributed by atoms with van der Waals surface area (Å²) >= 11 is 0. The van der Waals surface area contributed by atoms with E-state index in [4.69, 9.17) is 11.6 Å². The van der Waals surface area contributed by atoms with Crippen molar-refractivity contribution in [1.82, 2.24) is 46.5 Å². The molecule has 5 atom stereocenters. The molecule has 0 unspecified atom stereocenters. The lowest BCUT2D eigenvalue weighted by molar-refractivity contribution is -0.147. The molecule has 0 aliphatic carbocycles. The van der Waals surface area contributed by atoms with Gasteiger partial charge in [-0.25, -0.2) is 15.8 Å². The molecule has 1 saturated heterocycles. The molecule has 13 N–H and O–H groups in total. The Labute approximate surface area is 319 Å². The van der Waals surface area contributed by atoms with Crippen molar-refractivity contribution >= 4 is 52.3 Å². The molecule has 7 amide bonds. The predicted octanol–water partition coefficient (Wildman–Crippen LogP) is -2.98. The molecule has 2 aromatic carbocycles. The van der Waals surface area contributed by atoms with Gasteiger partial charge in [-0.3, -0.25) is 33.6 Å². The molecule has 1 aliphatic rings. The quantitative estimate of drug-likeness (QED) is 0.0291. The van der Waals surface area contributed by atoms with Crippen molar-refractivity contribution in [3.63, 3.8) is 0 Å². The van der Waals surface area contributed by atoms with Crippen LogP contribution in [0.3, 0.4) is 0 Å². The van der Waals surface area contributed by atoms with Crippen LogP contribution in [0.15, 0.2) is 67.3 Å². The van der Waals surface area contributed by atoms with Crippen LogP contribution in [0.25, 0.3) is 10.9 Å². The van der Waals surface area contributed by atoms with Crippen LogP contribution in [0.5, 0.6) is 5.75 Å². The summed E-state index contributed by atoms with van der Waals surface area (Å²) in [5.41, 5.74) is 7.66. The Morgan fingerprint density at radius 3 is 2.16 bits per heavy atom. The fraction of sp³-hybridized carbons (Fsp3) is 0.333. The fourth-order valence-corrected chi connectivity index (χ4v) is 6.11. The van der Waals surface area contributed by atoms with Crippen molar-refractivity contribution in [2.24, 2.45) is 11.6 Å². The molecule has 0 bridgehead atoms. The van der Waals surface area contributed by atoms with Gasteiger partial charge in [-0.15, -0.1) is 0 Å². The number of aromatic hydroxyl groups is 1. The molecule has 20 nitrogen and oxygen atoms in total. The van der Waals surface area contributed by atoms with Gasteiger partial charge < -0.3 is 52.5 Å². The highest BCUT2D eigenvalue weighted by Crippen LogP contribution is 2.20. The Bertz CT molecular complexity index is 2050. The third-order valence-corrected chi connectivity index (χ3v) is 9.14. The minimum atomic E-state index is -1.68. The molecule has 0 radical (unpaired) electrons. The van der Waals surface area contributed by atoms with E-state index in [9.17, 15) is 43.8 Å². The maximum Gasteiger partial charge on any atom is 0.266 e. The van der Waals surface area contributed by atoms with Gasteiger partial charge in [0.05, 0.1) is 19.5 Å². The van der Waals surface area contributed by atoms with Crippen LogP contribution < -0.4 is 38.2 Å². The number of amides is 7. The summed E-state index contributed by atoms with van der Waals surface area (Å²) in [6.45, 7) is -1.56. The molecule has 56 heavy (non-hydrogen) atoms. The molecule has 296 valence electrons. The van der Waals surface area contributed by atoms with Gasteiger partial charge in [-0.1, -0.05) is 30.3 Å². The SMILES string of the molecule is NCC(=O)N(N)C(=O)[C@H](Cc1ccc(O)cc1)NC(=O)[C@H](CO)NC(=O)[C@H](Cc1c[nH]c2ccccc12)NC(=O)[C@H](Cc1cnc[nH]1)NC(=O)[C@@H]1CCC(=O)N1. The zero-order valence-corrected chi connectivity index (χ0v) is 30.0. The summed E-state index contributed by atoms with van der Waals surface area (Å²) < 4.78 is 0. The number of aliphatic hydroxyl groups is 1. The highest BCUT2D eigenvalue weighted by molar-refractivity contribution is 6.01. The summed E-state index contributed by atoms with van der Waals surface area (Å²) in [4.78, 5) is 102. The number of aromatic amines is 2. The summed E-state index contributed by atoms with van der Waals surface area (Å²) in [5, 5.41) is 33.7. The van der Waals surface area contributed by atoms with E-state index >= 15 is 0 Å². The van der Waals surface area contributed by atoms with Crippen molar-refractivity contribution in [1.29, 1.82) is 0 Å². The second-order valence-electron chi connectivity index (χ2n) is 13.1. The van der Waals surface area contributed by atoms with E-state index in [0.29, 0.717) is 16.8 Å². The number of aliphatic hydroxyl groups excluding tert-OH is 1. The average Bonchev–Trinajstić information content (AvgIpc) is 3.98. The number of imide groups is 1. The number of carbonyl (C=O) groups is 7. The van der Waals surface area contributed by atoms with Crippen molar-refractivity contribution in [2.75, 3.05) is 13.2 Å². The predicted molar refractivity (Wildman–Crippen MR) is 197 cm³/mol. The number of nitrogens with one attached hydrogen (secondary N) is 7. The van der Waals surface area contributed by atoms with E-state index in [2.05, 4.69) is 41.5 Å². The number of nitrogens with zero attached hydrogens (tertiary/aromatic N) is 2. The van der Waals surface area contributed by atoms with Gasteiger partial charge in [0.15, 0.2) is 0 Å². The van der Waals surface area contributed by atoms with E-state index in [1.807, 2.05) is 12.1 Å². The Balaban J connectivity index is 1.38. The van der Waals surface area contributed by atoms with E-state index in [1.54, 1.807) is 18.3 Å². The van der Waals surface area contributed by atoms with Gasteiger partial charge in [0.25, 0.3) is 11.8 Å². The van der Waals surface area contributed by atoms with Gasteiger partial charge in [-0.05, 0) is 35.7 Å². The molecule has 0 saturated carbocycles. The topological polar surface area (TPSA) is 320 Å². The molecule has 1 aliphatic heterocycles. The van der Waals surface area contributed by atoms with Gasteiger partial charge in [0.2, 0.25) is 29.5 Å². The normalized spacial score (nSPS) is 15.8. The summed E-state index contributed by atoms with van der Waals surface area (Å²) in [6, 6.07) is 6.19. The number of nitrogens with two attached hydrogens (primary N) is 2. The smallest absolute Gasteiger partial charge is 0.266 e. The van der Waals surface area contributed by atoms with Crippen molar-refractivity contribution in [3.8, 4) is 5.75 Å². The first-order chi connectivity index (χ1) is 26.9. The Morgan fingerprint density at radius 2 is 1.52 bits per heavy atom. The first kappa shape index (κ1) is 40.5. The van der Waals surface area contributed by atoms with E-state index < -0.39 is 78.8 Å². The maximum atomic E-state index is 14.0. The molecule has 4 aromatic rings. The number of para-hydroxylation sites is 1. The van der Waals surface area contributed by atoms with Gasteiger partial charge in [0.1, 0.15) is 36.0 Å². The zero-order valence-electron chi connectivity index (χ0n) is 30.0. The van der Waals surface area contributed by atoms with Gasteiger partial charge in [0, 0.05) is 54.7 Å². The number of H-pyrrole nitrogens is 2. The first-order valence-electron chi connectivity index (χ1n) is 17.6. The van der Waals surface area contributed by atoms with Crippen molar-refractivity contribution in [2.45, 2.75) is 62.3 Å². The highest BCUT2D eigenvalue weighted by atomic mass is 16.3. The van der Waals surface area contributed by atoms with Crippen LogP contribution in [-0.4, -0.2) is 115 Å². The Kier molecular flexibility index (Phi) is 13.5. The number of rotatable bonds is 17. The number of phenols is 1. The van der Waals surface area contributed by atoms with Gasteiger partial charge >= 0.3 is 0 Å². The number of benzene rings is 2. The van der Waals surface area contributed by atoms with Crippen LogP contribution >= 0.6 is 0 Å². The van der Waals surface area contributed by atoms with Crippen LogP contribution in [0.2, 0.25) is 0 Å². The van der Waals surface area contributed by atoms with Crippen molar-refractivity contribution in [3.05, 3.63) is 84.1 Å². The minimum Gasteiger partial charge on any atom is -0.508 e. The average molecular weight is 774 g/mol. The molecule has 20 heteroatoms. The number of phenolic OH excluding ortho intramolecular Hbond substituents is 1. The second kappa shape index (κ2) is 18.6. The third kappa shape index (κ3) is 10.3. The lowest BCUT2D eigenvalue weighted by atomic mass is 10.0. The van der Waals surface area contributed by atoms with E-state index in [1.165, 1.54) is 36.8 Å². The molecule has 0 spiro atoms. The molecule has 5 rings (SSSR count). The standard InChI is InChI=1S/C36H43N11O9/c37-14-31(51)47(38)36(56)28(11-19-5-7-22(49)8-6-19)45-35(55)29(17-48)46-33(53)26(12-20-15-40-24-4-2-1-3-23(20)24)43-34(54)27(13-21-16-39-18-41-21)44-32(52)25-9-10-30(50)42-25/h1-8,15-16,18,25-29,40,48-49H,9-14,17,37-38H2,(H,39,41)(H,42,50)(H,43,54)(H,44,52)(H,45,55)(H,46,53)/t25-,26-,27-,28-,29-/m0/s1.